The number of nitrogens with zero attached hydrogens (tertiary/aromatic N) is 2. The Bertz CT molecular complexity index is 957. The second-order valence-corrected chi connectivity index (χ2v) is 7.13. The maximum absolute atomic E-state index is 13.0. The molecule has 0 fully saturated rings. The minimum Gasteiger partial charge on any atom is -0.448 e. The van der Waals surface area contributed by atoms with Crippen LogP contribution in [-0.4, -0.2) is 34.9 Å². The molecule has 3 rings (SSSR count). The van der Waals surface area contributed by atoms with Crippen molar-refractivity contribution < 1.29 is 18.7 Å². The van der Waals surface area contributed by atoms with Crippen LogP contribution < -0.4 is 0 Å². The lowest BCUT2D eigenvalue weighted by molar-refractivity contribution is -0.139. The van der Waals surface area contributed by atoms with Gasteiger partial charge in [-0.3, -0.25) is 4.79 Å². The highest BCUT2D eigenvalue weighted by atomic mass is 32.1. The Morgan fingerprint density at radius 2 is 1.82 bits per heavy atom. The standard InChI is InChI=1S/C21H19FN2O3S/c1-14(20(25)24(2)12-15-6-4-3-5-7-15)27-21(26)18-13-28-19(23-18)16-8-10-17(22)11-9-16/h3-11,13-14H,12H2,1-2H3/t14-/m1/s1. The van der Waals surface area contributed by atoms with E-state index in [1.165, 1.54) is 35.3 Å². The maximum atomic E-state index is 13.0. The number of carbonyl (C=O) groups is 2. The van der Waals surface area contributed by atoms with Crippen molar-refractivity contribution in [3.8, 4) is 10.6 Å². The first kappa shape index (κ1) is 19.7. The number of ether oxygens (including phenoxy) is 1. The Labute approximate surface area is 166 Å². The fourth-order valence-corrected chi connectivity index (χ4v) is 3.40. The quantitative estimate of drug-likeness (QED) is 0.585. The highest BCUT2D eigenvalue weighted by Gasteiger charge is 2.23. The number of esters is 1. The zero-order valence-electron chi connectivity index (χ0n) is 15.5. The van der Waals surface area contributed by atoms with Gasteiger partial charge >= 0.3 is 5.97 Å². The number of aromatic nitrogens is 1. The van der Waals surface area contributed by atoms with E-state index in [4.69, 9.17) is 4.74 Å². The highest BCUT2D eigenvalue weighted by molar-refractivity contribution is 7.13. The minimum atomic E-state index is -0.933. The van der Waals surface area contributed by atoms with E-state index in [9.17, 15) is 14.0 Å². The SMILES string of the molecule is C[C@@H](OC(=O)c1csc(-c2ccc(F)cc2)n1)C(=O)N(C)Cc1ccccc1. The minimum absolute atomic E-state index is 0.120. The first-order chi connectivity index (χ1) is 13.4. The van der Waals surface area contributed by atoms with Gasteiger partial charge in [-0.2, -0.15) is 0 Å². The van der Waals surface area contributed by atoms with Gasteiger partial charge in [-0.15, -0.1) is 11.3 Å². The fraction of sp³-hybridized carbons (Fsp3) is 0.190. The average Bonchev–Trinajstić information content (AvgIpc) is 3.19. The molecule has 0 bridgehead atoms. The van der Waals surface area contributed by atoms with Crippen molar-refractivity contribution in [2.24, 2.45) is 0 Å². The zero-order chi connectivity index (χ0) is 20.1. The van der Waals surface area contributed by atoms with Gasteiger partial charge in [0, 0.05) is 24.5 Å². The average molecular weight is 398 g/mol. The van der Waals surface area contributed by atoms with Crippen molar-refractivity contribution in [2.45, 2.75) is 19.6 Å². The molecule has 1 aromatic heterocycles. The summed E-state index contributed by atoms with van der Waals surface area (Å²) in [6.45, 7) is 1.96. The van der Waals surface area contributed by atoms with E-state index < -0.39 is 12.1 Å². The van der Waals surface area contributed by atoms with E-state index in [1.54, 1.807) is 24.6 Å². The van der Waals surface area contributed by atoms with E-state index in [-0.39, 0.29) is 17.4 Å². The molecule has 1 heterocycles. The molecule has 1 amide bonds. The predicted molar refractivity (Wildman–Crippen MR) is 105 cm³/mol. The van der Waals surface area contributed by atoms with Crippen molar-refractivity contribution >= 4 is 23.2 Å². The van der Waals surface area contributed by atoms with E-state index in [0.29, 0.717) is 17.1 Å². The third-order valence-electron chi connectivity index (χ3n) is 4.07. The number of rotatable bonds is 6. The normalized spacial score (nSPS) is 11.7. The van der Waals surface area contributed by atoms with Gasteiger partial charge in [-0.25, -0.2) is 14.2 Å². The van der Waals surface area contributed by atoms with Crippen LogP contribution in [0.1, 0.15) is 23.0 Å². The molecule has 7 heteroatoms. The number of amides is 1. The van der Waals surface area contributed by atoms with Crippen LogP contribution in [0.2, 0.25) is 0 Å². The molecular weight excluding hydrogens is 379 g/mol. The van der Waals surface area contributed by atoms with Crippen molar-refractivity contribution in [1.29, 1.82) is 0 Å². The largest absolute Gasteiger partial charge is 0.448 e. The van der Waals surface area contributed by atoms with Crippen LogP contribution in [0.25, 0.3) is 10.6 Å². The number of benzene rings is 2. The van der Waals surface area contributed by atoms with Crippen LogP contribution in [0, 0.1) is 5.82 Å². The monoisotopic (exact) mass is 398 g/mol. The summed E-state index contributed by atoms with van der Waals surface area (Å²) in [5.41, 5.74) is 1.81. The van der Waals surface area contributed by atoms with Crippen LogP contribution in [0.4, 0.5) is 4.39 Å². The smallest absolute Gasteiger partial charge is 0.358 e. The summed E-state index contributed by atoms with van der Waals surface area (Å²) in [7, 11) is 1.66. The van der Waals surface area contributed by atoms with Crippen molar-refractivity contribution in [2.75, 3.05) is 7.05 Å². The number of hydrogen-bond acceptors (Lipinski definition) is 5. The molecule has 0 spiro atoms. The molecule has 0 N–H and O–H groups in total. The lowest BCUT2D eigenvalue weighted by Gasteiger charge is -2.21. The molecule has 0 radical (unpaired) electrons. The molecule has 5 nitrogen and oxygen atoms in total. The van der Waals surface area contributed by atoms with Gasteiger partial charge in [-0.05, 0) is 36.8 Å². The van der Waals surface area contributed by atoms with Gasteiger partial charge in [-0.1, -0.05) is 30.3 Å². The topological polar surface area (TPSA) is 59.5 Å². The van der Waals surface area contributed by atoms with Crippen molar-refractivity contribution in [3.63, 3.8) is 0 Å². The summed E-state index contributed by atoms with van der Waals surface area (Å²) in [5, 5.41) is 2.14. The predicted octanol–water partition coefficient (Wildman–Crippen LogP) is 4.15. The Morgan fingerprint density at radius 3 is 2.50 bits per heavy atom. The molecular formula is C21H19FN2O3S. The molecule has 28 heavy (non-hydrogen) atoms. The second kappa shape index (κ2) is 8.75. The third kappa shape index (κ3) is 4.80. The molecule has 144 valence electrons. The number of likely N-dealkylation sites (N-methyl/N-ethyl adjacent to an activating group) is 1. The fourth-order valence-electron chi connectivity index (χ4n) is 2.61. The van der Waals surface area contributed by atoms with Gasteiger partial charge in [0.2, 0.25) is 0 Å². The van der Waals surface area contributed by atoms with E-state index in [2.05, 4.69) is 4.98 Å². The number of halogens is 1. The molecule has 0 saturated heterocycles. The molecule has 1 atom stereocenters. The second-order valence-electron chi connectivity index (χ2n) is 6.27. The van der Waals surface area contributed by atoms with Gasteiger partial charge in [0.15, 0.2) is 11.8 Å². The summed E-state index contributed by atoms with van der Waals surface area (Å²) >= 11 is 1.25. The van der Waals surface area contributed by atoms with Crippen LogP contribution in [0.15, 0.2) is 60.0 Å². The zero-order valence-corrected chi connectivity index (χ0v) is 16.3. The maximum Gasteiger partial charge on any atom is 0.358 e. The Balaban J connectivity index is 1.60. The van der Waals surface area contributed by atoms with Crippen LogP contribution in [-0.2, 0) is 16.1 Å². The van der Waals surface area contributed by atoms with Crippen LogP contribution in [0.5, 0.6) is 0 Å². The van der Waals surface area contributed by atoms with Crippen molar-refractivity contribution in [3.05, 3.63) is 77.1 Å². The third-order valence-corrected chi connectivity index (χ3v) is 4.97. The summed E-state index contributed by atoms with van der Waals surface area (Å²) in [4.78, 5) is 30.5. The van der Waals surface area contributed by atoms with Crippen LogP contribution >= 0.6 is 11.3 Å². The molecule has 0 aliphatic rings. The summed E-state index contributed by atoms with van der Waals surface area (Å²) in [6.07, 6.45) is -0.933. The van der Waals surface area contributed by atoms with Crippen LogP contribution in [0.3, 0.4) is 0 Å². The molecule has 0 saturated carbocycles. The molecule has 2 aromatic carbocycles. The van der Waals surface area contributed by atoms with E-state index in [1.807, 2.05) is 30.3 Å². The van der Waals surface area contributed by atoms with E-state index in [0.717, 1.165) is 5.56 Å². The molecule has 3 aromatic rings. The van der Waals surface area contributed by atoms with Gasteiger partial charge < -0.3 is 9.64 Å². The van der Waals surface area contributed by atoms with Gasteiger partial charge in [0.25, 0.3) is 5.91 Å². The summed E-state index contributed by atoms with van der Waals surface area (Å²) < 4.78 is 18.3. The number of thiazole rings is 1. The van der Waals surface area contributed by atoms with Gasteiger partial charge in [0.1, 0.15) is 10.8 Å². The lowest BCUT2D eigenvalue weighted by Crippen LogP contribution is -2.37. The molecule has 0 unspecified atom stereocenters. The lowest BCUT2D eigenvalue weighted by atomic mass is 10.2. The van der Waals surface area contributed by atoms with E-state index >= 15 is 0 Å². The summed E-state index contributed by atoms with van der Waals surface area (Å²) in [6, 6.07) is 15.4. The first-order valence-corrected chi connectivity index (χ1v) is 9.53. The first-order valence-electron chi connectivity index (χ1n) is 8.65. The summed E-state index contributed by atoms with van der Waals surface area (Å²) in [5.74, 6) is -1.31. The number of carbonyl (C=O) groups excluding carboxylic acids is 2. The van der Waals surface area contributed by atoms with Gasteiger partial charge in [0.05, 0.1) is 0 Å². The Kier molecular flexibility index (Phi) is 6.16. The Hall–Kier alpha value is -3.06. The highest BCUT2D eigenvalue weighted by Crippen LogP contribution is 2.24. The molecule has 0 aliphatic carbocycles. The Morgan fingerprint density at radius 1 is 1.14 bits per heavy atom. The number of hydrogen-bond donors (Lipinski definition) is 0. The van der Waals surface area contributed by atoms with Crippen molar-refractivity contribution in [1.82, 2.24) is 9.88 Å². The molecule has 0 aliphatic heterocycles.